The lowest BCUT2D eigenvalue weighted by Crippen LogP contribution is -2.54. The maximum absolute atomic E-state index is 13.1. The Hall–Kier alpha value is -1.04. The van der Waals surface area contributed by atoms with E-state index in [0.29, 0.717) is 12.1 Å². The van der Waals surface area contributed by atoms with E-state index in [9.17, 15) is 8.78 Å². The molecule has 1 saturated heterocycles. The van der Waals surface area contributed by atoms with Crippen molar-refractivity contribution in [2.75, 3.05) is 32.8 Å². The predicted octanol–water partition coefficient (Wildman–Crippen LogP) is 2.17. The van der Waals surface area contributed by atoms with Crippen molar-refractivity contribution in [3.63, 3.8) is 0 Å². The van der Waals surface area contributed by atoms with E-state index < -0.39 is 11.6 Å². The summed E-state index contributed by atoms with van der Waals surface area (Å²) in [4.78, 5) is 2.37. The Labute approximate surface area is 118 Å². The first-order chi connectivity index (χ1) is 9.47. The number of nitrogens with zero attached hydrogens (tertiary/aromatic N) is 1. The van der Waals surface area contributed by atoms with Gasteiger partial charge in [-0.3, -0.25) is 4.90 Å². The van der Waals surface area contributed by atoms with Gasteiger partial charge in [-0.15, -0.1) is 0 Å². The second kappa shape index (κ2) is 6.61. The van der Waals surface area contributed by atoms with Gasteiger partial charge in [-0.25, -0.2) is 8.78 Å². The highest BCUT2D eigenvalue weighted by atomic mass is 19.1. The van der Waals surface area contributed by atoms with Gasteiger partial charge >= 0.3 is 0 Å². The highest BCUT2D eigenvalue weighted by Gasteiger charge is 2.27. The fourth-order valence-electron chi connectivity index (χ4n) is 2.51. The summed E-state index contributed by atoms with van der Waals surface area (Å²) >= 11 is 0. The molecule has 112 valence electrons. The van der Waals surface area contributed by atoms with Crippen LogP contribution >= 0.6 is 0 Å². The molecule has 1 aromatic carbocycles. The second-order valence-electron chi connectivity index (χ2n) is 5.79. The molecule has 0 atom stereocenters. The minimum absolute atomic E-state index is 0.00432. The van der Waals surface area contributed by atoms with E-state index in [1.54, 1.807) is 0 Å². The van der Waals surface area contributed by atoms with Crippen molar-refractivity contribution in [3.8, 4) is 0 Å². The monoisotopic (exact) mass is 284 g/mol. The number of hydrogen-bond acceptors (Lipinski definition) is 3. The first-order valence-corrected chi connectivity index (χ1v) is 6.96. The first kappa shape index (κ1) is 15.4. The summed E-state index contributed by atoms with van der Waals surface area (Å²) in [5.41, 5.74) is 0.621. The van der Waals surface area contributed by atoms with Crippen LogP contribution in [0.25, 0.3) is 0 Å². The number of hydrogen-bond donors (Lipinski definition) is 1. The van der Waals surface area contributed by atoms with Crippen LogP contribution in [0, 0.1) is 11.6 Å². The van der Waals surface area contributed by atoms with Crippen LogP contribution < -0.4 is 5.32 Å². The third-order valence-electron chi connectivity index (χ3n) is 3.68. The van der Waals surface area contributed by atoms with Crippen molar-refractivity contribution in [2.24, 2.45) is 0 Å². The van der Waals surface area contributed by atoms with Gasteiger partial charge in [0.1, 0.15) is 11.6 Å². The molecule has 1 heterocycles. The van der Waals surface area contributed by atoms with E-state index >= 15 is 0 Å². The third-order valence-corrected chi connectivity index (χ3v) is 3.68. The van der Waals surface area contributed by atoms with Gasteiger partial charge in [0, 0.05) is 37.8 Å². The van der Waals surface area contributed by atoms with Crippen molar-refractivity contribution < 1.29 is 13.5 Å². The Morgan fingerprint density at radius 3 is 2.35 bits per heavy atom. The average Bonchev–Trinajstić information content (AvgIpc) is 2.38. The van der Waals surface area contributed by atoms with Gasteiger partial charge in [0.15, 0.2) is 0 Å². The minimum Gasteiger partial charge on any atom is -0.379 e. The molecule has 0 aromatic heterocycles. The smallest absolute Gasteiger partial charge is 0.126 e. The van der Waals surface area contributed by atoms with E-state index in [1.807, 2.05) is 0 Å². The molecule has 0 bridgehead atoms. The van der Waals surface area contributed by atoms with Crippen LogP contribution in [-0.4, -0.2) is 43.3 Å². The summed E-state index contributed by atoms with van der Waals surface area (Å²) < 4.78 is 31.5. The van der Waals surface area contributed by atoms with Crippen LogP contribution in [0.3, 0.4) is 0 Å². The van der Waals surface area contributed by atoms with Crippen LogP contribution in [0.15, 0.2) is 18.2 Å². The van der Waals surface area contributed by atoms with Crippen molar-refractivity contribution in [1.82, 2.24) is 10.2 Å². The highest BCUT2D eigenvalue weighted by Crippen LogP contribution is 2.15. The minimum atomic E-state index is -0.533. The van der Waals surface area contributed by atoms with E-state index in [1.165, 1.54) is 12.1 Å². The van der Waals surface area contributed by atoms with E-state index in [0.717, 1.165) is 38.9 Å². The molecule has 0 saturated carbocycles. The molecule has 1 aliphatic rings. The maximum Gasteiger partial charge on any atom is 0.126 e. The summed E-state index contributed by atoms with van der Waals surface area (Å²) in [5, 5.41) is 3.28. The third kappa shape index (κ3) is 4.23. The van der Waals surface area contributed by atoms with Gasteiger partial charge in [0.25, 0.3) is 0 Å². The summed E-state index contributed by atoms with van der Waals surface area (Å²) in [6.45, 7) is 8.91. The highest BCUT2D eigenvalue weighted by molar-refractivity contribution is 5.17. The number of halogens is 2. The van der Waals surface area contributed by atoms with E-state index in [4.69, 9.17) is 4.74 Å². The number of benzene rings is 1. The van der Waals surface area contributed by atoms with Gasteiger partial charge in [0.2, 0.25) is 0 Å². The molecule has 20 heavy (non-hydrogen) atoms. The van der Waals surface area contributed by atoms with Crippen molar-refractivity contribution >= 4 is 0 Å². The number of ether oxygens (including phenoxy) is 1. The molecule has 0 spiro atoms. The molecule has 1 fully saturated rings. The summed E-state index contributed by atoms with van der Waals surface area (Å²) in [5.74, 6) is -1.07. The molecule has 5 heteroatoms. The lowest BCUT2D eigenvalue weighted by molar-refractivity contribution is -0.00967. The molecule has 0 unspecified atom stereocenters. The van der Waals surface area contributed by atoms with Crippen molar-refractivity contribution in [2.45, 2.75) is 25.9 Å². The first-order valence-electron chi connectivity index (χ1n) is 6.96. The Morgan fingerprint density at radius 2 is 1.75 bits per heavy atom. The Morgan fingerprint density at radius 1 is 1.15 bits per heavy atom. The Kier molecular flexibility index (Phi) is 5.07. The molecule has 3 nitrogen and oxygen atoms in total. The van der Waals surface area contributed by atoms with Gasteiger partial charge < -0.3 is 10.1 Å². The zero-order valence-electron chi connectivity index (χ0n) is 12.1. The fraction of sp³-hybridized carbons (Fsp3) is 0.600. The predicted molar refractivity (Wildman–Crippen MR) is 74.5 cm³/mol. The summed E-state index contributed by atoms with van der Waals surface area (Å²) in [7, 11) is 0. The molecule has 1 aromatic rings. The zero-order chi connectivity index (χ0) is 14.6. The fourth-order valence-corrected chi connectivity index (χ4v) is 2.51. The molecule has 0 aliphatic carbocycles. The van der Waals surface area contributed by atoms with Gasteiger partial charge in [-0.05, 0) is 31.5 Å². The van der Waals surface area contributed by atoms with Gasteiger partial charge in [-0.2, -0.15) is 0 Å². The molecule has 1 aliphatic heterocycles. The quantitative estimate of drug-likeness (QED) is 0.897. The Balaban J connectivity index is 1.84. The van der Waals surface area contributed by atoms with Crippen molar-refractivity contribution in [3.05, 3.63) is 35.4 Å². The number of nitrogens with one attached hydrogen (secondary N) is 1. The van der Waals surface area contributed by atoms with Crippen LogP contribution in [0.4, 0.5) is 8.78 Å². The SMILES string of the molecule is CC(C)(CNCc1cc(F)cc(F)c1)N1CCOCC1. The topological polar surface area (TPSA) is 24.5 Å². The van der Waals surface area contributed by atoms with E-state index in [-0.39, 0.29) is 5.54 Å². The average molecular weight is 284 g/mol. The Bertz CT molecular complexity index is 425. The van der Waals surface area contributed by atoms with Gasteiger partial charge in [-0.1, -0.05) is 0 Å². The number of rotatable bonds is 5. The maximum atomic E-state index is 13.1. The molecular weight excluding hydrogens is 262 g/mol. The van der Waals surface area contributed by atoms with Crippen LogP contribution in [0.2, 0.25) is 0 Å². The molecule has 1 N–H and O–H groups in total. The molecular formula is C15H22F2N2O. The lowest BCUT2D eigenvalue weighted by atomic mass is 10.0. The normalized spacial score (nSPS) is 17.4. The largest absolute Gasteiger partial charge is 0.379 e. The number of morpholine rings is 1. The molecule has 0 amide bonds. The lowest BCUT2D eigenvalue weighted by Gasteiger charge is -2.41. The molecule has 0 radical (unpaired) electrons. The molecule has 2 rings (SSSR count). The van der Waals surface area contributed by atoms with Gasteiger partial charge in [0.05, 0.1) is 13.2 Å². The van der Waals surface area contributed by atoms with Crippen LogP contribution in [0.5, 0.6) is 0 Å². The van der Waals surface area contributed by atoms with Crippen LogP contribution in [0.1, 0.15) is 19.4 Å². The standard InChI is InChI=1S/C15H22F2N2O/c1-15(2,19-3-5-20-6-4-19)11-18-10-12-7-13(16)9-14(17)8-12/h7-9,18H,3-6,10-11H2,1-2H3. The second-order valence-corrected chi connectivity index (χ2v) is 5.79. The van der Waals surface area contributed by atoms with E-state index in [2.05, 4.69) is 24.1 Å². The zero-order valence-corrected chi connectivity index (χ0v) is 12.1. The summed E-state index contributed by atoms with van der Waals surface area (Å²) in [6.07, 6.45) is 0. The van der Waals surface area contributed by atoms with Crippen LogP contribution in [-0.2, 0) is 11.3 Å². The van der Waals surface area contributed by atoms with Crippen molar-refractivity contribution in [1.29, 1.82) is 0 Å². The summed E-state index contributed by atoms with van der Waals surface area (Å²) in [6, 6.07) is 3.61.